The summed E-state index contributed by atoms with van der Waals surface area (Å²) >= 11 is 5.78. The number of carbonyl (C=O) groups is 1. The second-order valence-electron chi connectivity index (χ2n) is 7.99. The van der Waals surface area contributed by atoms with Crippen molar-refractivity contribution in [3.8, 4) is 17.0 Å². The largest absolute Gasteiger partial charge is 0.466 e. The smallest absolute Gasteiger partial charge is 0.221 e. The minimum absolute atomic E-state index is 0.00571. The van der Waals surface area contributed by atoms with Crippen LogP contribution in [0.3, 0.4) is 0 Å². The molecule has 6 nitrogen and oxygen atoms in total. The van der Waals surface area contributed by atoms with Crippen molar-refractivity contribution < 1.29 is 22.3 Å². The minimum Gasteiger partial charge on any atom is -0.466 e. The molecule has 1 amide bonds. The van der Waals surface area contributed by atoms with Crippen LogP contribution in [0.15, 0.2) is 59.6 Å². The zero-order valence-electron chi connectivity index (χ0n) is 17.8. The van der Waals surface area contributed by atoms with Crippen LogP contribution in [-0.4, -0.2) is 25.1 Å². The zero-order chi connectivity index (χ0) is 23.8. The van der Waals surface area contributed by atoms with Crippen LogP contribution < -0.4 is 10.5 Å². The van der Waals surface area contributed by atoms with E-state index in [1.54, 1.807) is 37.3 Å². The van der Waals surface area contributed by atoms with Gasteiger partial charge in [0.05, 0.1) is 22.1 Å². The molecule has 3 aromatic rings. The molecule has 1 fully saturated rings. The van der Waals surface area contributed by atoms with Crippen LogP contribution in [0.2, 0.25) is 5.02 Å². The summed E-state index contributed by atoms with van der Waals surface area (Å²) in [4.78, 5) is 15.9. The van der Waals surface area contributed by atoms with Gasteiger partial charge in [0.1, 0.15) is 11.4 Å². The zero-order valence-corrected chi connectivity index (χ0v) is 19.4. The molecule has 1 aromatic heterocycles. The summed E-state index contributed by atoms with van der Waals surface area (Å²) in [6.45, 7) is 1.57. The second kappa shape index (κ2) is 8.76. The Labute approximate surface area is 196 Å². The molecular weight excluding hydrogens is 467 g/mol. The first-order valence-electron chi connectivity index (χ1n) is 10.4. The van der Waals surface area contributed by atoms with Gasteiger partial charge in [0, 0.05) is 23.4 Å². The number of sulfone groups is 1. The van der Waals surface area contributed by atoms with Crippen LogP contribution in [0.4, 0.5) is 4.39 Å². The van der Waals surface area contributed by atoms with Crippen molar-refractivity contribution >= 4 is 27.3 Å². The first-order chi connectivity index (χ1) is 15.6. The van der Waals surface area contributed by atoms with Gasteiger partial charge in [-0.1, -0.05) is 30.7 Å². The summed E-state index contributed by atoms with van der Waals surface area (Å²) in [7, 11) is -3.52. The molecule has 1 heterocycles. The highest BCUT2D eigenvalue weighted by Crippen LogP contribution is 2.49. The number of nitrogens with zero attached hydrogens (tertiary/aromatic N) is 1. The molecule has 33 heavy (non-hydrogen) atoms. The van der Waals surface area contributed by atoms with E-state index in [1.165, 1.54) is 24.4 Å². The molecule has 2 aromatic carbocycles. The molecule has 0 saturated heterocycles. The van der Waals surface area contributed by atoms with Crippen LogP contribution in [0.5, 0.6) is 5.88 Å². The van der Waals surface area contributed by atoms with Gasteiger partial charge in [-0.25, -0.2) is 17.8 Å². The van der Waals surface area contributed by atoms with Crippen molar-refractivity contribution in [1.82, 2.24) is 4.98 Å². The average Bonchev–Trinajstić information content (AvgIpc) is 3.56. The molecule has 0 bridgehead atoms. The lowest BCUT2D eigenvalue weighted by Gasteiger charge is -2.18. The monoisotopic (exact) mass is 488 g/mol. The Morgan fingerprint density at radius 1 is 1.18 bits per heavy atom. The predicted molar refractivity (Wildman–Crippen MR) is 123 cm³/mol. The van der Waals surface area contributed by atoms with Gasteiger partial charge in [-0.05, 0) is 54.3 Å². The maximum Gasteiger partial charge on any atom is 0.221 e. The highest BCUT2D eigenvalue weighted by molar-refractivity contribution is 7.91. The first-order valence-corrected chi connectivity index (χ1v) is 12.4. The Morgan fingerprint density at radius 3 is 2.52 bits per heavy atom. The number of ether oxygens (including phenoxy) is 1. The molecule has 0 unspecified atom stereocenters. The standard InChI is InChI=1S/C24H22ClFN2O4S/c1-2-33(30,31)21-7-3-15(12-22(27)29)11-18(21)16-4-8-23(28-14-16)32-24(9-10-24)17-5-6-19(25)20(26)13-17/h3-8,11,13-14H,2,9-10,12H2,1H3,(H2,27,29). The van der Waals surface area contributed by atoms with Gasteiger partial charge in [0.25, 0.3) is 0 Å². The van der Waals surface area contributed by atoms with E-state index in [4.69, 9.17) is 22.1 Å². The third-order valence-electron chi connectivity index (χ3n) is 5.63. The molecule has 0 atom stereocenters. The third-order valence-corrected chi connectivity index (χ3v) is 7.73. The van der Waals surface area contributed by atoms with E-state index in [2.05, 4.69) is 4.98 Å². The number of halogens is 2. The van der Waals surface area contributed by atoms with E-state index in [0.717, 1.165) is 0 Å². The number of hydrogen-bond donors (Lipinski definition) is 1. The lowest BCUT2D eigenvalue weighted by Crippen LogP contribution is -2.16. The van der Waals surface area contributed by atoms with E-state index in [-0.39, 0.29) is 22.1 Å². The molecule has 9 heteroatoms. The Morgan fingerprint density at radius 2 is 1.94 bits per heavy atom. The molecule has 0 spiro atoms. The summed E-state index contributed by atoms with van der Waals surface area (Å²) in [6, 6.07) is 12.7. The van der Waals surface area contributed by atoms with Gasteiger partial charge in [0.15, 0.2) is 9.84 Å². The number of nitrogens with two attached hydrogens (primary N) is 1. The van der Waals surface area contributed by atoms with E-state index >= 15 is 0 Å². The fourth-order valence-corrected chi connectivity index (χ4v) is 4.90. The molecule has 172 valence electrons. The lowest BCUT2D eigenvalue weighted by atomic mass is 10.0. The highest BCUT2D eigenvalue weighted by atomic mass is 35.5. The van der Waals surface area contributed by atoms with Crippen molar-refractivity contribution in [3.05, 3.63) is 76.7 Å². The van der Waals surface area contributed by atoms with Crippen LogP contribution in [0.25, 0.3) is 11.1 Å². The number of benzene rings is 2. The molecule has 1 saturated carbocycles. The number of carbonyl (C=O) groups excluding carboxylic acids is 1. The van der Waals surface area contributed by atoms with Gasteiger partial charge in [-0.3, -0.25) is 4.79 Å². The van der Waals surface area contributed by atoms with Crippen molar-refractivity contribution in [2.45, 2.75) is 36.7 Å². The van der Waals surface area contributed by atoms with Gasteiger partial charge in [-0.2, -0.15) is 0 Å². The topological polar surface area (TPSA) is 99.3 Å². The van der Waals surface area contributed by atoms with Gasteiger partial charge in [0.2, 0.25) is 11.8 Å². The van der Waals surface area contributed by atoms with Crippen LogP contribution in [0.1, 0.15) is 30.9 Å². The van der Waals surface area contributed by atoms with Crippen LogP contribution >= 0.6 is 11.6 Å². The first kappa shape index (κ1) is 23.2. The Hall–Kier alpha value is -2.97. The minimum atomic E-state index is -3.52. The Bertz CT molecular complexity index is 1320. The Balaban J connectivity index is 1.65. The van der Waals surface area contributed by atoms with Crippen molar-refractivity contribution in [1.29, 1.82) is 0 Å². The number of rotatable bonds is 8. The van der Waals surface area contributed by atoms with Gasteiger partial charge >= 0.3 is 0 Å². The molecule has 0 radical (unpaired) electrons. The molecule has 0 aliphatic heterocycles. The summed E-state index contributed by atoms with van der Waals surface area (Å²) in [5.74, 6) is -0.751. The summed E-state index contributed by atoms with van der Waals surface area (Å²) in [5, 5.41) is 0.0495. The summed E-state index contributed by atoms with van der Waals surface area (Å²) in [5.41, 5.74) is 6.93. The third kappa shape index (κ3) is 4.86. The van der Waals surface area contributed by atoms with Gasteiger partial charge < -0.3 is 10.5 Å². The molecule has 1 aliphatic carbocycles. The number of pyridine rings is 1. The van der Waals surface area contributed by atoms with Crippen LogP contribution in [-0.2, 0) is 26.7 Å². The molecule has 1 aliphatic rings. The van der Waals surface area contributed by atoms with E-state index in [1.807, 2.05) is 0 Å². The maximum atomic E-state index is 13.9. The molecular formula is C24H22ClFN2O4S. The quantitative estimate of drug-likeness (QED) is 0.505. The van der Waals surface area contributed by atoms with Crippen molar-refractivity contribution in [3.63, 3.8) is 0 Å². The van der Waals surface area contributed by atoms with E-state index in [0.29, 0.717) is 41.0 Å². The number of aromatic nitrogens is 1. The van der Waals surface area contributed by atoms with E-state index in [9.17, 15) is 17.6 Å². The SMILES string of the molecule is CCS(=O)(=O)c1ccc(CC(N)=O)cc1-c1ccc(OC2(c3ccc(Cl)c(F)c3)CC2)nc1. The van der Waals surface area contributed by atoms with E-state index < -0.39 is 27.2 Å². The average molecular weight is 489 g/mol. The second-order valence-corrected chi connectivity index (χ2v) is 10.6. The summed E-state index contributed by atoms with van der Waals surface area (Å²) < 4.78 is 45.2. The normalized spacial score (nSPS) is 14.6. The summed E-state index contributed by atoms with van der Waals surface area (Å²) in [6.07, 6.45) is 2.94. The number of primary amides is 1. The highest BCUT2D eigenvalue weighted by Gasteiger charge is 2.48. The number of hydrogen-bond acceptors (Lipinski definition) is 5. The van der Waals surface area contributed by atoms with Gasteiger partial charge in [-0.15, -0.1) is 0 Å². The molecule has 2 N–H and O–H groups in total. The number of amides is 1. The fraction of sp³-hybridized carbons (Fsp3) is 0.250. The van der Waals surface area contributed by atoms with Crippen LogP contribution in [0, 0.1) is 5.82 Å². The maximum absolute atomic E-state index is 13.9. The van der Waals surface area contributed by atoms with Crippen molar-refractivity contribution in [2.75, 3.05) is 5.75 Å². The Kier molecular flexibility index (Phi) is 6.16. The predicted octanol–water partition coefficient (Wildman–Crippen LogP) is 4.43. The lowest BCUT2D eigenvalue weighted by molar-refractivity contribution is -0.117. The molecule has 4 rings (SSSR count). The fourth-order valence-electron chi connectivity index (χ4n) is 3.68. The van der Waals surface area contributed by atoms with Crippen molar-refractivity contribution in [2.24, 2.45) is 5.73 Å².